The Morgan fingerprint density at radius 3 is 2.44 bits per heavy atom. The van der Waals surface area contributed by atoms with Crippen LogP contribution in [0, 0.1) is 11.8 Å². The molecule has 1 fully saturated rings. The maximum Gasteiger partial charge on any atom is 0.119 e. The highest BCUT2D eigenvalue weighted by atomic mass is 16.5. The molecular weight excluding hydrogens is 222 g/mol. The van der Waals surface area contributed by atoms with Crippen LogP contribution in [0.5, 0.6) is 5.75 Å². The van der Waals surface area contributed by atoms with Gasteiger partial charge in [-0.25, -0.2) is 0 Å². The predicted molar refractivity (Wildman–Crippen MR) is 75.7 cm³/mol. The summed E-state index contributed by atoms with van der Waals surface area (Å²) in [7, 11) is 0. The minimum absolute atomic E-state index is 0.142. The van der Waals surface area contributed by atoms with E-state index in [4.69, 9.17) is 10.5 Å². The van der Waals surface area contributed by atoms with Gasteiger partial charge in [-0.2, -0.15) is 0 Å². The van der Waals surface area contributed by atoms with Crippen LogP contribution in [0.2, 0.25) is 0 Å². The van der Waals surface area contributed by atoms with Gasteiger partial charge in [-0.1, -0.05) is 26.0 Å². The van der Waals surface area contributed by atoms with Crippen LogP contribution in [0.3, 0.4) is 0 Å². The maximum absolute atomic E-state index is 6.62. The molecular formula is C16H25NO. The lowest BCUT2D eigenvalue weighted by Gasteiger charge is -2.40. The largest absolute Gasteiger partial charge is 0.494 e. The maximum atomic E-state index is 6.62. The fourth-order valence-corrected chi connectivity index (χ4v) is 2.96. The monoisotopic (exact) mass is 247 g/mol. The Kier molecular flexibility index (Phi) is 3.96. The molecule has 0 heterocycles. The summed E-state index contributed by atoms with van der Waals surface area (Å²) >= 11 is 0. The van der Waals surface area contributed by atoms with E-state index in [1.54, 1.807) is 0 Å². The predicted octanol–water partition coefficient (Wildman–Crippen LogP) is 3.70. The van der Waals surface area contributed by atoms with Crippen molar-refractivity contribution in [1.29, 1.82) is 0 Å². The molecule has 0 radical (unpaired) electrons. The van der Waals surface area contributed by atoms with Crippen LogP contribution in [-0.2, 0) is 5.54 Å². The van der Waals surface area contributed by atoms with Gasteiger partial charge >= 0.3 is 0 Å². The first kappa shape index (κ1) is 13.4. The van der Waals surface area contributed by atoms with Gasteiger partial charge in [0.1, 0.15) is 5.75 Å². The van der Waals surface area contributed by atoms with Gasteiger partial charge in [0.25, 0.3) is 0 Å². The van der Waals surface area contributed by atoms with Crippen molar-refractivity contribution < 1.29 is 4.74 Å². The lowest BCUT2D eigenvalue weighted by molar-refractivity contribution is 0.177. The van der Waals surface area contributed by atoms with Gasteiger partial charge in [0.2, 0.25) is 0 Å². The smallest absolute Gasteiger partial charge is 0.119 e. The summed E-state index contributed by atoms with van der Waals surface area (Å²) in [6.07, 6.45) is 3.40. The van der Waals surface area contributed by atoms with Crippen LogP contribution in [0.1, 0.15) is 45.6 Å². The summed E-state index contributed by atoms with van der Waals surface area (Å²) in [5.74, 6) is 2.43. The third-order valence-corrected chi connectivity index (χ3v) is 4.44. The quantitative estimate of drug-likeness (QED) is 0.884. The minimum Gasteiger partial charge on any atom is -0.494 e. The number of nitrogens with two attached hydrogens (primary N) is 1. The fourth-order valence-electron chi connectivity index (χ4n) is 2.96. The van der Waals surface area contributed by atoms with E-state index in [2.05, 4.69) is 26.0 Å². The molecule has 0 spiro atoms. The van der Waals surface area contributed by atoms with E-state index < -0.39 is 0 Å². The molecule has 0 amide bonds. The Balaban J connectivity index is 2.14. The number of rotatable bonds is 3. The van der Waals surface area contributed by atoms with Crippen LogP contribution in [0.15, 0.2) is 24.3 Å². The van der Waals surface area contributed by atoms with E-state index in [1.165, 1.54) is 12.0 Å². The highest BCUT2D eigenvalue weighted by Crippen LogP contribution is 2.40. The molecule has 1 aromatic rings. The molecule has 1 aromatic carbocycles. The zero-order chi connectivity index (χ0) is 13.2. The zero-order valence-corrected chi connectivity index (χ0v) is 11.8. The van der Waals surface area contributed by atoms with Crippen molar-refractivity contribution in [2.75, 3.05) is 6.61 Å². The average Bonchev–Trinajstić information content (AvgIpc) is 2.36. The van der Waals surface area contributed by atoms with Gasteiger partial charge in [0, 0.05) is 5.54 Å². The molecule has 3 atom stereocenters. The van der Waals surface area contributed by atoms with Crippen LogP contribution >= 0.6 is 0 Å². The highest BCUT2D eigenvalue weighted by Gasteiger charge is 2.35. The van der Waals surface area contributed by atoms with E-state index >= 15 is 0 Å². The Morgan fingerprint density at radius 1 is 1.22 bits per heavy atom. The summed E-state index contributed by atoms with van der Waals surface area (Å²) in [5.41, 5.74) is 7.73. The third-order valence-electron chi connectivity index (χ3n) is 4.44. The average molecular weight is 247 g/mol. The van der Waals surface area contributed by atoms with Gasteiger partial charge in [-0.05, 0) is 55.7 Å². The molecule has 3 unspecified atom stereocenters. The number of ether oxygens (including phenoxy) is 1. The summed E-state index contributed by atoms with van der Waals surface area (Å²) < 4.78 is 5.48. The molecule has 2 rings (SSSR count). The fraction of sp³-hybridized carbons (Fsp3) is 0.625. The van der Waals surface area contributed by atoms with Crippen molar-refractivity contribution in [2.45, 2.75) is 45.6 Å². The number of hydrogen-bond donors (Lipinski definition) is 1. The van der Waals surface area contributed by atoms with Gasteiger partial charge in [0.05, 0.1) is 6.61 Å². The van der Waals surface area contributed by atoms with Gasteiger partial charge in [-0.3, -0.25) is 0 Å². The molecule has 2 heteroatoms. The van der Waals surface area contributed by atoms with E-state index in [9.17, 15) is 0 Å². The second-order valence-corrected chi connectivity index (χ2v) is 5.81. The Bertz CT molecular complexity index is 387. The van der Waals surface area contributed by atoms with Crippen LogP contribution in [0.4, 0.5) is 0 Å². The Hall–Kier alpha value is -1.02. The first-order valence-corrected chi connectivity index (χ1v) is 7.07. The lowest BCUT2D eigenvalue weighted by Crippen LogP contribution is -2.43. The molecule has 0 bridgehead atoms. The van der Waals surface area contributed by atoms with Crippen LogP contribution < -0.4 is 10.5 Å². The third kappa shape index (κ3) is 2.69. The SMILES string of the molecule is CCOc1ccc(C2(N)CCC(C)C(C)C2)cc1. The van der Waals surface area contributed by atoms with Crippen molar-refractivity contribution in [3.63, 3.8) is 0 Å². The van der Waals surface area contributed by atoms with Crippen LogP contribution in [0.25, 0.3) is 0 Å². The van der Waals surface area contributed by atoms with Gasteiger partial charge in [-0.15, -0.1) is 0 Å². The lowest BCUT2D eigenvalue weighted by atomic mass is 9.69. The normalized spacial score (nSPS) is 32.2. The van der Waals surface area contributed by atoms with Crippen molar-refractivity contribution in [3.8, 4) is 5.75 Å². The number of benzene rings is 1. The second kappa shape index (κ2) is 5.31. The van der Waals surface area contributed by atoms with Gasteiger partial charge < -0.3 is 10.5 Å². The second-order valence-electron chi connectivity index (χ2n) is 5.81. The Morgan fingerprint density at radius 2 is 1.89 bits per heavy atom. The first-order valence-electron chi connectivity index (χ1n) is 7.07. The van der Waals surface area contributed by atoms with E-state index in [-0.39, 0.29) is 5.54 Å². The van der Waals surface area contributed by atoms with E-state index in [0.717, 1.165) is 24.5 Å². The Labute approximate surface area is 111 Å². The molecule has 2 nitrogen and oxygen atoms in total. The molecule has 18 heavy (non-hydrogen) atoms. The summed E-state index contributed by atoms with van der Waals surface area (Å²) in [6.45, 7) is 7.37. The van der Waals surface area contributed by atoms with Crippen molar-refractivity contribution in [1.82, 2.24) is 0 Å². The molecule has 100 valence electrons. The first-order chi connectivity index (χ1) is 8.55. The van der Waals surface area contributed by atoms with Crippen molar-refractivity contribution >= 4 is 0 Å². The molecule has 1 aliphatic rings. The molecule has 0 aromatic heterocycles. The highest BCUT2D eigenvalue weighted by molar-refractivity contribution is 5.32. The topological polar surface area (TPSA) is 35.2 Å². The molecule has 1 saturated carbocycles. The van der Waals surface area contributed by atoms with Crippen molar-refractivity contribution in [2.24, 2.45) is 17.6 Å². The van der Waals surface area contributed by atoms with Crippen LogP contribution in [-0.4, -0.2) is 6.61 Å². The van der Waals surface area contributed by atoms with Crippen molar-refractivity contribution in [3.05, 3.63) is 29.8 Å². The number of hydrogen-bond acceptors (Lipinski definition) is 2. The molecule has 0 aliphatic heterocycles. The van der Waals surface area contributed by atoms with E-state index in [1.807, 2.05) is 19.1 Å². The summed E-state index contributed by atoms with van der Waals surface area (Å²) in [5, 5.41) is 0. The molecule has 1 aliphatic carbocycles. The zero-order valence-electron chi connectivity index (χ0n) is 11.8. The molecule has 0 saturated heterocycles. The molecule has 2 N–H and O–H groups in total. The summed E-state index contributed by atoms with van der Waals surface area (Å²) in [4.78, 5) is 0. The van der Waals surface area contributed by atoms with Gasteiger partial charge in [0.15, 0.2) is 0 Å². The minimum atomic E-state index is -0.142. The van der Waals surface area contributed by atoms with E-state index in [0.29, 0.717) is 12.5 Å². The standard InChI is InChI=1S/C16H25NO/c1-4-18-15-7-5-14(6-8-15)16(17)10-9-12(2)13(3)11-16/h5-8,12-13H,4,9-11,17H2,1-3H3. The summed E-state index contributed by atoms with van der Waals surface area (Å²) in [6, 6.07) is 8.34.